The second-order valence-corrected chi connectivity index (χ2v) is 6.70. The molecule has 2 heterocycles. The minimum Gasteiger partial charge on any atom is -0.396 e. The van der Waals surface area contributed by atoms with Crippen molar-refractivity contribution in [1.29, 1.82) is 0 Å². The number of hydrogen-bond donors (Lipinski definition) is 4. The molecule has 5 N–H and O–H groups in total. The zero-order valence-electron chi connectivity index (χ0n) is 13.8. The molecule has 0 radical (unpaired) electrons. The maximum Gasteiger partial charge on any atom is 0.224 e. The van der Waals surface area contributed by atoms with Crippen LogP contribution in [0.15, 0.2) is 30.6 Å². The first-order valence-corrected chi connectivity index (χ1v) is 8.53. The zero-order valence-corrected chi connectivity index (χ0v) is 13.8. The molecule has 4 rings (SSSR count). The predicted molar refractivity (Wildman–Crippen MR) is 94.8 cm³/mol. The number of nitrogens with zero attached hydrogens (tertiary/aromatic N) is 4. The molecule has 0 saturated carbocycles. The van der Waals surface area contributed by atoms with Gasteiger partial charge in [-0.25, -0.2) is 4.98 Å². The first-order valence-electron chi connectivity index (χ1n) is 8.53. The van der Waals surface area contributed by atoms with Crippen LogP contribution < -0.4 is 11.1 Å². The second-order valence-electron chi connectivity index (χ2n) is 6.70. The van der Waals surface area contributed by atoms with Crippen molar-refractivity contribution in [3.05, 3.63) is 30.6 Å². The predicted octanol–water partition coefficient (Wildman–Crippen LogP) is 0.867. The number of imidazole rings is 1. The molecule has 8 nitrogen and oxygen atoms in total. The number of hydrogen-bond acceptors (Lipinski definition) is 7. The number of aromatic nitrogens is 4. The van der Waals surface area contributed by atoms with Gasteiger partial charge in [-0.1, -0.05) is 24.3 Å². The Hall–Kier alpha value is -2.45. The average Bonchev–Trinajstić information content (AvgIpc) is 3.33. The Bertz CT molecular complexity index is 830. The van der Waals surface area contributed by atoms with E-state index in [4.69, 9.17) is 5.73 Å². The summed E-state index contributed by atoms with van der Waals surface area (Å²) < 4.78 is 1.98. The largest absolute Gasteiger partial charge is 0.396 e. The Morgan fingerprint density at radius 1 is 1.08 bits per heavy atom. The number of allylic oxidation sites excluding steroid dienone is 1. The molecule has 2 aliphatic carbocycles. The molecule has 2 aliphatic rings. The van der Waals surface area contributed by atoms with E-state index in [0.717, 1.165) is 12.8 Å². The number of nitrogens with two attached hydrogens (primary N) is 1. The van der Waals surface area contributed by atoms with Crippen LogP contribution in [0.2, 0.25) is 0 Å². The van der Waals surface area contributed by atoms with E-state index in [1.54, 1.807) is 6.33 Å². The van der Waals surface area contributed by atoms with Crippen LogP contribution in [0.3, 0.4) is 0 Å². The highest BCUT2D eigenvalue weighted by Gasteiger charge is 2.24. The average molecular weight is 342 g/mol. The molecule has 25 heavy (non-hydrogen) atoms. The third kappa shape index (κ3) is 2.98. The summed E-state index contributed by atoms with van der Waals surface area (Å²) in [4.78, 5) is 13.2. The van der Waals surface area contributed by atoms with Gasteiger partial charge in [-0.3, -0.25) is 0 Å². The van der Waals surface area contributed by atoms with E-state index in [1.165, 1.54) is 0 Å². The molecule has 8 heteroatoms. The van der Waals surface area contributed by atoms with Crippen LogP contribution in [0.25, 0.3) is 11.2 Å². The summed E-state index contributed by atoms with van der Waals surface area (Å²) in [6, 6.07) is 0.194. The van der Waals surface area contributed by atoms with E-state index >= 15 is 0 Å². The number of anilines is 2. The third-order valence-corrected chi connectivity index (χ3v) is 4.91. The van der Waals surface area contributed by atoms with Crippen molar-refractivity contribution in [2.45, 2.75) is 24.9 Å². The molecule has 0 aromatic carbocycles. The standard InChI is InChI=1S/C17H22N6O2/c18-17-21-15(20-12-3-1-10(5-12)7-24)14-16(22-17)23(9-19-14)13-4-2-11(6-13)8-25/h1-4,9-13,24-25H,5-8H2,(H3,18,20,21,22)/t10-,11-,12+,13+/m1/s1. The SMILES string of the molecule is Nc1nc(N[C@H]2C=C[C@@H](CO)C2)c2ncn([C@H]3C=C[C@@H](CO)C3)c2n1. The van der Waals surface area contributed by atoms with Crippen LogP contribution in [-0.4, -0.2) is 49.0 Å². The van der Waals surface area contributed by atoms with Gasteiger partial charge in [0.2, 0.25) is 5.95 Å². The highest BCUT2D eigenvalue weighted by molar-refractivity contribution is 5.84. The first kappa shape index (κ1) is 16.0. The van der Waals surface area contributed by atoms with Crippen LogP contribution in [0.4, 0.5) is 11.8 Å². The van der Waals surface area contributed by atoms with E-state index in [1.807, 2.05) is 22.8 Å². The lowest BCUT2D eigenvalue weighted by Crippen LogP contribution is -2.18. The Morgan fingerprint density at radius 2 is 1.84 bits per heavy atom. The van der Waals surface area contributed by atoms with Gasteiger partial charge in [0.25, 0.3) is 0 Å². The van der Waals surface area contributed by atoms with Crippen LogP contribution in [-0.2, 0) is 0 Å². The fourth-order valence-corrected chi connectivity index (χ4v) is 3.56. The van der Waals surface area contributed by atoms with Gasteiger partial charge in [0.15, 0.2) is 17.0 Å². The Morgan fingerprint density at radius 3 is 2.56 bits per heavy atom. The molecule has 132 valence electrons. The van der Waals surface area contributed by atoms with Crippen LogP contribution in [0.5, 0.6) is 0 Å². The number of nitrogen functional groups attached to an aromatic ring is 1. The minimum absolute atomic E-state index is 0.0879. The molecule has 0 fully saturated rings. The maximum absolute atomic E-state index is 9.33. The molecular formula is C17H22N6O2. The summed E-state index contributed by atoms with van der Waals surface area (Å²) in [5.41, 5.74) is 7.27. The second kappa shape index (κ2) is 6.45. The van der Waals surface area contributed by atoms with E-state index in [9.17, 15) is 10.2 Å². The lowest BCUT2D eigenvalue weighted by molar-refractivity contribution is 0.244. The highest BCUT2D eigenvalue weighted by Crippen LogP contribution is 2.32. The van der Waals surface area contributed by atoms with E-state index < -0.39 is 0 Å². The quantitative estimate of drug-likeness (QED) is 0.595. The molecule has 0 amide bonds. The summed E-state index contributed by atoms with van der Waals surface area (Å²) in [6.45, 7) is 0.286. The van der Waals surface area contributed by atoms with Crippen molar-refractivity contribution in [2.75, 3.05) is 24.3 Å². The fourth-order valence-electron chi connectivity index (χ4n) is 3.56. The lowest BCUT2D eigenvalue weighted by atomic mass is 10.1. The summed E-state index contributed by atoms with van der Waals surface area (Å²) >= 11 is 0. The number of aliphatic hydroxyl groups is 2. The number of fused-ring (bicyclic) bond motifs is 1. The van der Waals surface area contributed by atoms with Crippen molar-refractivity contribution in [2.24, 2.45) is 11.8 Å². The molecule has 4 atom stereocenters. The van der Waals surface area contributed by atoms with E-state index in [0.29, 0.717) is 17.0 Å². The lowest BCUT2D eigenvalue weighted by Gasteiger charge is -2.15. The van der Waals surface area contributed by atoms with Gasteiger partial charge in [0, 0.05) is 31.1 Å². The molecule has 0 spiro atoms. The molecule has 0 aliphatic heterocycles. The van der Waals surface area contributed by atoms with Gasteiger partial charge < -0.3 is 25.8 Å². The zero-order chi connectivity index (χ0) is 17.4. The molecule has 0 saturated heterocycles. The summed E-state index contributed by atoms with van der Waals surface area (Å²) in [7, 11) is 0. The van der Waals surface area contributed by atoms with Crippen LogP contribution in [0.1, 0.15) is 18.9 Å². The van der Waals surface area contributed by atoms with Gasteiger partial charge in [-0.05, 0) is 12.8 Å². The van der Waals surface area contributed by atoms with Gasteiger partial charge in [0.1, 0.15) is 0 Å². The number of rotatable bonds is 5. The van der Waals surface area contributed by atoms with Crippen molar-refractivity contribution in [3.63, 3.8) is 0 Å². The molecule has 2 aromatic rings. The van der Waals surface area contributed by atoms with Crippen molar-refractivity contribution < 1.29 is 10.2 Å². The summed E-state index contributed by atoms with van der Waals surface area (Å²) in [6.07, 6.45) is 11.5. The van der Waals surface area contributed by atoms with Crippen LogP contribution in [0, 0.1) is 11.8 Å². The van der Waals surface area contributed by atoms with Crippen molar-refractivity contribution >= 4 is 22.9 Å². The monoisotopic (exact) mass is 342 g/mol. The third-order valence-electron chi connectivity index (χ3n) is 4.91. The van der Waals surface area contributed by atoms with Crippen molar-refractivity contribution in [3.8, 4) is 0 Å². The Balaban J connectivity index is 1.63. The fraction of sp³-hybridized carbons (Fsp3) is 0.471. The smallest absolute Gasteiger partial charge is 0.224 e. The Kier molecular flexibility index (Phi) is 4.14. The minimum atomic E-state index is 0.0879. The summed E-state index contributed by atoms with van der Waals surface area (Å²) in [5.74, 6) is 1.13. The number of nitrogens with one attached hydrogen (secondary N) is 1. The van der Waals surface area contributed by atoms with Gasteiger partial charge in [-0.15, -0.1) is 0 Å². The normalized spacial score (nSPS) is 28.2. The maximum atomic E-state index is 9.33. The first-order chi connectivity index (χ1) is 12.2. The van der Waals surface area contributed by atoms with Crippen LogP contribution >= 0.6 is 0 Å². The summed E-state index contributed by atoms with van der Waals surface area (Å²) in [5, 5.41) is 21.9. The van der Waals surface area contributed by atoms with E-state index in [2.05, 4.69) is 26.3 Å². The van der Waals surface area contributed by atoms with Gasteiger partial charge in [-0.2, -0.15) is 9.97 Å². The van der Waals surface area contributed by atoms with Crippen molar-refractivity contribution in [1.82, 2.24) is 19.5 Å². The Labute approximate surface area is 145 Å². The topological polar surface area (TPSA) is 122 Å². The van der Waals surface area contributed by atoms with Gasteiger partial charge in [0.05, 0.1) is 12.4 Å². The molecule has 2 aromatic heterocycles. The van der Waals surface area contributed by atoms with Gasteiger partial charge >= 0.3 is 0 Å². The molecule has 0 bridgehead atoms. The highest BCUT2D eigenvalue weighted by atomic mass is 16.3. The molecule has 0 unspecified atom stereocenters. The molecular weight excluding hydrogens is 320 g/mol. The number of aliphatic hydroxyl groups excluding tert-OH is 2. The van der Waals surface area contributed by atoms with E-state index in [-0.39, 0.29) is 43.1 Å².